The minimum atomic E-state index is -0.857. The molecule has 5 nitrogen and oxygen atoms in total. The number of aliphatic carboxylic acids is 1. The highest BCUT2D eigenvalue weighted by molar-refractivity contribution is 5.87. The molecule has 0 aliphatic carbocycles. The summed E-state index contributed by atoms with van der Waals surface area (Å²) in [5.74, 6) is 0.839. The molecule has 0 spiro atoms. The van der Waals surface area contributed by atoms with Crippen molar-refractivity contribution < 1.29 is 28.2 Å². The Balaban J connectivity index is 1.62. The van der Waals surface area contributed by atoms with Crippen LogP contribution in [0.3, 0.4) is 0 Å². The summed E-state index contributed by atoms with van der Waals surface area (Å²) in [6.45, 7) is 5.94. The molecule has 6 heteroatoms. The van der Waals surface area contributed by atoms with Gasteiger partial charge >= 0.3 is 5.97 Å². The Bertz CT molecular complexity index is 1100. The second-order valence-corrected chi connectivity index (χ2v) is 8.10. The van der Waals surface area contributed by atoms with E-state index in [2.05, 4.69) is 0 Å². The molecular weight excluding hydrogens is 375 g/mol. The molecule has 1 aliphatic rings. The number of benzene rings is 2. The van der Waals surface area contributed by atoms with Gasteiger partial charge in [-0.25, -0.2) is 4.39 Å². The highest BCUT2D eigenvalue weighted by atomic mass is 19.1. The Hall–Kier alpha value is -3.02. The van der Waals surface area contributed by atoms with Crippen LogP contribution in [-0.4, -0.2) is 16.7 Å². The first-order chi connectivity index (χ1) is 13.7. The summed E-state index contributed by atoms with van der Waals surface area (Å²) in [7, 11) is 0. The van der Waals surface area contributed by atoms with E-state index in [9.17, 15) is 9.18 Å². The van der Waals surface area contributed by atoms with Crippen LogP contribution < -0.4 is 9.47 Å². The molecular formula is C23H23FO5. The van der Waals surface area contributed by atoms with Crippen LogP contribution in [0.2, 0.25) is 0 Å². The maximum Gasteiger partial charge on any atom is 0.303 e. The topological polar surface area (TPSA) is 68.9 Å². The van der Waals surface area contributed by atoms with E-state index < -0.39 is 5.97 Å². The molecule has 0 radical (unpaired) electrons. The van der Waals surface area contributed by atoms with Gasteiger partial charge in [0, 0.05) is 24.0 Å². The predicted octanol–water partition coefficient (Wildman–Crippen LogP) is 5.19. The second kappa shape index (κ2) is 7.10. The van der Waals surface area contributed by atoms with Crippen LogP contribution in [0.4, 0.5) is 4.39 Å². The third kappa shape index (κ3) is 3.92. The van der Waals surface area contributed by atoms with E-state index in [4.69, 9.17) is 19.0 Å². The summed E-state index contributed by atoms with van der Waals surface area (Å²) in [6.07, 6.45) is 1.05. The molecule has 0 saturated carbocycles. The van der Waals surface area contributed by atoms with Crippen molar-refractivity contribution in [3.05, 3.63) is 58.6 Å². The first-order valence-electron chi connectivity index (χ1n) is 9.59. The molecule has 3 aromatic rings. The van der Waals surface area contributed by atoms with Gasteiger partial charge in [0.1, 0.15) is 40.9 Å². The fraction of sp³-hybridized carbons (Fsp3) is 0.348. The van der Waals surface area contributed by atoms with Crippen molar-refractivity contribution in [2.75, 3.05) is 0 Å². The van der Waals surface area contributed by atoms with Gasteiger partial charge in [-0.05, 0) is 57.0 Å². The molecule has 1 N–H and O–H groups in total. The summed E-state index contributed by atoms with van der Waals surface area (Å²) in [5, 5.41) is 9.73. The third-order valence-electron chi connectivity index (χ3n) is 5.04. The van der Waals surface area contributed by atoms with Crippen molar-refractivity contribution in [2.24, 2.45) is 0 Å². The number of carbonyl (C=O) groups is 1. The van der Waals surface area contributed by atoms with Crippen molar-refractivity contribution >= 4 is 16.9 Å². The second-order valence-electron chi connectivity index (χ2n) is 8.10. The van der Waals surface area contributed by atoms with Crippen LogP contribution in [0.15, 0.2) is 34.7 Å². The van der Waals surface area contributed by atoms with Crippen molar-refractivity contribution in [1.82, 2.24) is 0 Å². The third-order valence-corrected chi connectivity index (χ3v) is 5.04. The minimum absolute atomic E-state index is 0.0254. The molecule has 1 aromatic heterocycles. The van der Waals surface area contributed by atoms with Gasteiger partial charge in [-0.15, -0.1) is 0 Å². The van der Waals surface area contributed by atoms with E-state index in [0.29, 0.717) is 41.2 Å². The summed E-state index contributed by atoms with van der Waals surface area (Å²) in [5.41, 5.74) is 2.59. The van der Waals surface area contributed by atoms with Crippen molar-refractivity contribution in [2.45, 2.75) is 52.2 Å². The molecule has 0 bridgehead atoms. The number of halogens is 1. The largest absolute Gasteiger partial charge is 0.488 e. The Morgan fingerprint density at radius 1 is 1.24 bits per heavy atom. The number of hydrogen-bond acceptors (Lipinski definition) is 4. The summed E-state index contributed by atoms with van der Waals surface area (Å²) in [4.78, 5) is 10.9. The van der Waals surface area contributed by atoms with Gasteiger partial charge in [-0.3, -0.25) is 4.79 Å². The van der Waals surface area contributed by atoms with Crippen molar-refractivity contribution in [3.63, 3.8) is 0 Å². The molecule has 2 heterocycles. The van der Waals surface area contributed by atoms with Crippen LogP contribution in [0.1, 0.15) is 42.7 Å². The van der Waals surface area contributed by atoms with Gasteiger partial charge in [0.15, 0.2) is 0 Å². The van der Waals surface area contributed by atoms with E-state index in [1.807, 2.05) is 32.9 Å². The number of carboxylic acid groups (broad SMARTS) is 1. The molecule has 0 fully saturated rings. The summed E-state index contributed by atoms with van der Waals surface area (Å²) >= 11 is 0. The van der Waals surface area contributed by atoms with Gasteiger partial charge in [0.2, 0.25) is 0 Å². The number of furan rings is 1. The number of aryl methyl sites for hydroxylation is 2. The van der Waals surface area contributed by atoms with Gasteiger partial charge in [0.25, 0.3) is 0 Å². The zero-order chi connectivity index (χ0) is 20.8. The van der Waals surface area contributed by atoms with E-state index >= 15 is 0 Å². The highest BCUT2D eigenvalue weighted by Crippen LogP contribution is 2.39. The lowest BCUT2D eigenvalue weighted by molar-refractivity contribution is -0.136. The number of fused-ring (bicyclic) bond motifs is 2. The summed E-state index contributed by atoms with van der Waals surface area (Å²) in [6, 6.07) is 8.45. The highest BCUT2D eigenvalue weighted by Gasteiger charge is 2.32. The maximum absolute atomic E-state index is 14.1. The molecule has 152 valence electrons. The fourth-order valence-electron chi connectivity index (χ4n) is 3.85. The summed E-state index contributed by atoms with van der Waals surface area (Å²) < 4.78 is 31.9. The van der Waals surface area contributed by atoms with Gasteiger partial charge in [-0.1, -0.05) is 6.07 Å². The quantitative estimate of drug-likeness (QED) is 0.619. The monoisotopic (exact) mass is 398 g/mol. The maximum atomic E-state index is 14.1. The molecule has 29 heavy (non-hydrogen) atoms. The first-order valence-corrected chi connectivity index (χ1v) is 9.59. The Morgan fingerprint density at radius 2 is 2.03 bits per heavy atom. The lowest BCUT2D eigenvalue weighted by atomic mass is 10.0. The molecule has 4 rings (SSSR count). The Morgan fingerprint density at radius 3 is 2.79 bits per heavy atom. The Labute approximate surface area is 168 Å². The molecule has 0 atom stereocenters. The zero-order valence-corrected chi connectivity index (χ0v) is 16.7. The number of rotatable bonds is 6. The van der Waals surface area contributed by atoms with E-state index in [1.54, 1.807) is 6.07 Å². The molecule has 0 amide bonds. The zero-order valence-electron chi connectivity index (χ0n) is 16.7. The Kier molecular flexibility index (Phi) is 4.73. The number of ether oxygens (including phenoxy) is 2. The smallest absolute Gasteiger partial charge is 0.303 e. The SMILES string of the molecule is Cc1cc2c(OCc3cc(F)cc4c3OC(C)(C)C4)ccc(CCC(=O)O)c2o1. The van der Waals surface area contributed by atoms with E-state index in [-0.39, 0.29) is 24.4 Å². The normalized spacial score (nSPS) is 14.6. The van der Waals surface area contributed by atoms with Crippen LogP contribution in [0, 0.1) is 12.7 Å². The van der Waals surface area contributed by atoms with Crippen molar-refractivity contribution in [1.29, 1.82) is 0 Å². The number of hydrogen-bond donors (Lipinski definition) is 1. The minimum Gasteiger partial charge on any atom is -0.488 e. The van der Waals surface area contributed by atoms with E-state index in [1.165, 1.54) is 12.1 Å². The standard InChI is InChI=1S/C23H23FO5/c1-13-8-18-19(6-4-14(22(18)28-13)5-7-20(25)26)27-12-16-10-17(24)9-15-11-23(2,3)29-21(15)16/h4,6,8-10H,5,7,11-12H2,1-3H3,(H,25,26). The van der Waals surface area contributed by atoms with Crippen LogP contribution in [0.5, 0.6) is 11.5 Å². The number of carboxylic acids is 1. The van der Waals surface area contributed by atoms with Crippen LogP contribution >= 0.6 is 0 Å². The fourth-order valence-corrected chi connectivity index (χ4v) is 3.85. The average Bonchev–Trinajstić information content (AvgIpc) is 3.16. The lowest BCUT2D eigenvalue weighted by Gasteiger charge is -2.18. The van der Waals surface area contributed by atoms with Crippen molar-refractivity contribution in [3.8, 4) is 11.5 Å². The lowest BCUT2D eigenvalue weighted by Crippen LogP contribution is -2.25. The molecule has 1 aliphatic heterocycles. The molecule has 0 unspecified atom stereocenters. The van der Waals surface area contributed by atoms with Crippen LogP contribution in [0.25, 0.3) is 11.0 Å². The predicted molar refractivity (Wildman–Crippen MR) is 106 cm³/mol. The van der Waals surface area contributed by atoms with Gasteiger partial charge in [0.05, 0.1) is 5.39 Å². The first kappa shape index (κ1) is 19.3. The molecule has 0 saturated heterocycles. The van der Waals surface area contributed by atoms with E-state index in [0.717, 1.165) is 16.5 Å². The average molecular weight is 398 g/mol. The van der Waals surface area contributed by atoms with Gasteiger partial charge < -0.3 is 19.0 Å². The molecule has 2 aromatic carbocycles. The van der Waals surface area contributed by atoms with Crippen LogP contribution in [-0.2, 0) is 24.2 Å². The van der Waals surface area contributed by atoms with Gasteiger partial charge in [-0.2, -0.15) is 0 Å².